The highest BCUT2D eigenvalue weighted by Gasteiger charge is 2.31. The van der Waals surface area contributed by atoms with Crippen molar-refractivity contribution in [2.24, 2.45) is 0 Å². The van der Waals surface area contributed by atoms with Gasteiger partial charge in [-0.1, -0.05) is 36.9 Å². The van der Waals surface area contributed by atoms with Crippen LogP contribution in [0.15, 0.2) is 57.7 Å². The number of rotatable bonds is 6. The smallest absolute Gasteiger partial charge is 0.234 e. The lowest BCUT2D eigenvalue weighted by Gasteiger charge is -2.23. The summed E-state index contributed by atoms with van der Waals surface area (Å²) in [4.78, 5) is 24.4. The first-order chi connectivity index (χ1) is 13.1. The zero-order valence-corrected chi connectivity index (χ0v) is 15.6. The van der Waals surface area contributed by atoms with Crippen LogP contribution in [0.25, 0.3) is 0 Å². The molecule has 0 saturated carbocycles. The Morgan fingerprint density at radius 2 is 2.19 bits per heavy atom. The predicted molar refractivity (Wildman–Crippen MR) is 104 cm³/mol. The Hall–Kier alpha value is -2.98. The molecule has 2 amide bonds. The van der Waals surface area contributed by atoms with Crippen LogP contribution in [0.5, 0.6) is 0 Å². The molecule has 1 atom stereocenters. The molecule has 7 heteroatoms. The van der Waals surface area contributed by atoms with Gasteiger partial charge in [0.15, 0.2) is 0 Å². The fraction of sp³-hybridized carbons (Fsp3) is 0.250. The monoisotopic (exact) mass is 381 g/mol. The molecule has 1 aromatic heterocycles. The molecule has 0 aliphatic carbocycles. The standard InChI is InChI=1S/C20H19N3O3S/c1-2-13-6-3-4-7-16(13)22-19(25)12-27-20-15(11-21)14(10-18(24)23-20)17-8-5-9-26-17/h3-9,14H,2,10,12H2,1H3,(H,22,25)(H,23,24)/t14-/m0/s1. The number of thioether (sulfide) groups is 1. The van der Waals surface area contributed by atoms with Crippen LogP contribution in [0, 0.1) is 11.3 Å². The number of carbonyl (C=O) groups excluding carboxylic acids is 2. The van der Waals surface area contributed by atoms with Crippen molar-refractivity contribution in [2.45, 2.75) is 25.7 Å². The Bertz CT molecular complexity index is 913. The molecule has 2 heterocycles. The van der Waals surface area contributed by atoms with E-state index >= 15 is 0 Å². The first kappa shape index (κ1) is 18.8. The van der Waals surface area contributed by atoms with Crippen molar-refractivity contribution in [3.05, 3.63) is 64.6 Å². The largest absolute Gasteiger partial charge is 0.469 e. The Kier molecular flexibility index (Phi) is 5.99. The van der Waals surface area contributed by atoms with Gasteiger partial charge in [0, 0.05) is 12.1 Å². The summed E-state index contributed by atoms with van der Waals surface area (Å²) < 4.78 is 5.38. The molecule has 0 radical (unpaired) electrons. The van der Waals surface area contributed by atoms with Gasteiger partial charge in [-0.15, -0.1) is 0 Å². The average Bonchev–Trinajstić information content (AvgIpc) is 3.21. The maximum Gasteiger partial charge on any atom is 0.234 e. The molecule has 0 fully saturated rings. The van der Waals surface area contributed by atoms with Crippen LogP contribution in [-0.2, 0) is 16.0 Å². The molecule has 6 nitrogen and oxygen atoms in total. The molecule has 0 saturated heterocycles. The second kappa shape index (κ2) is 8.60. The number of furan rings is 1. The van der Waals surface area contributed by atoms with E-state index < -0.39 is 5.92 Å². The van der Waals surface area contributed by atoms with E-state index in [4.69, 9.17) is 4.42 Å². The van der Waals surface area contributed by atoms with E-state index in [1.807, 2.05) is 31.2 Å². The molecule has 0 bridgehead atoms. The predicted octanol–water partition coefficient (Wildman–Crippen LogP) is 3.55. The number of benzene rings is 1. The Balaban J connectivity index is 1.72. The van der Waals surface area contributed by atoms with Gasteiger partial charge in [-0.2, -0.15) is 5.26 Å². The fourth-order valence-corrected chi connectivity index (χ4v) is 3.82. The van der Waals surface area contributed by atoms with Crippen LogP contribution in [0.1, 0.15) is 30.6 Å². The van der Waals surface area contributed by atoms with Crippen molar-refractivity contribution in [1.29, 1.82) is 5.26 Å². The van der Waals surface area contributed by atoms with Crippen molar-refractivity contribution in [2.75, 3.05) is 11.1 Å². The molecule has 0 unspecified atom stereocenters. The van der Waals surface area contributed by atoms with Crippen molar-refractivity contribution in [3.63, 3.8) is 0 Å². The number of aryl methyl sites for hydroxylation is 1. The molecule has 2 aromatic rings. The molecule has 138 valence electrons. The third-order valence-corrected chi connectivity index (χ3v) is 5.28. The molecular weight excluding hydrogens is 362 g/mol. The number of anilines is 1. The van der Waals surface area contributed by atoms with E-state index in [0.717, 1.165) is 29.4 Å². The molecule has 0 spiro atoms. The number of carbonyl (C=O) groups is 2. The second-order valence-corrected chi connectivity index (χ2v) is 7.01. The zero-order chi connectivity index (χ0) is 19.2. The molecular formula is C20H19N3O3S. The van der Waals surface area contributed by atoms with Gasteiger partial charge in [-0.3, -0.25) is 9.59 Å². The summed E-state index contributed by atoms with van der Waals surface area (Å²) in [7, 11) is 0. The van der Waals surface area contributed by atoms with Crippen LogP contribution in [-0.4, -0.2) is 17.6 Å². The van der Waals surface area contributed by atoms with Crippen molar-refractivity contribution in [1.82, 2.24) is 5.32 Å². The second-order valence-electron chi connectivity index (χ2n) is 6.02. The Morgan fingerprint density at radius 3 is 2.89 bits per heavy atom. The summed E-state index contributed by atoms with van der Waals surface area (Å²) in [5, 5.41) is 15.6. The Labute approximate surface area is 161 Å². The summed E-state index contributed by atoms with van der Waals surface area (Å²) in [6.07, 6.45) is 2.48. The number of amides is 2. The van der Waals surface area contributed by atoms with Gasteiger partial charge in [-0.25, -0.2) is 0 Å². The average molecular weight is 381 g/mol. The lowest BCUT2D eigenvalue weighted by molar-refractivity contribution is -0.121. The quantitative estimate of drug-likeness (QED) is 0.798. The number of nitriles is 1. The van der Waals surface area contributed by atoms with Gasteiger partial charge in [0.25, 0.3) is 0 Å². The number of nitrogens with zero attached hydrogens (tertiary/aromatic N) is 1. The van der Waals surface area contributed by atoms with Gasteiger partial charge in [0.05, 0.1) is 34.6 Å². The molecule has 1 aromatic carbocycles. The maximum atomic E-state index is 12.3. The van der Waals surface area contributed by atoms with Crippen LogP contribution in [0.4, 0.5) is 5.69 Å². The molecule has 27 heavy (non-hydrogen) atoms. The maximum absolute atomic E-state index is 12.3. The van der Waals surface area contributed by atoms with E-state index in [2.05, 4.69) is 16.7 Å². The lowest BCUT2D eigenvalue weighted by atomic mass is 9.92. The summed E-state index contributed by atoms with van der Waals surface area (Å²) in [6, 6.07) is 13.3. The van der Waals surface area contributed by atoms with E-state index in [0.29, 0.717) is 16.4 Å². The van der Waals surface area contributed by atoms with Gasteiger partial charge in [0.2, 0.25) is 11.8 Å². The SMILES string of the molecule is CCc1ccccc1NC(=O)CSC1=C(C#N)[C@@H](c2ccco2)CC(=O)N1. The minimum absolute atomic E-state index is 0.0870. The Morgan fingerprint density at radius 1 is 1.37 bits per heavy atom. The van der Waals surface area contributed by atoms with Crippen LogP contribution < -0.4 is 10.6 Å². The van der Waals surface area contributed by atoms with Gasteiger partial charge < -0.3 is 15.1 Å². The first-order valence-corrected chi connectivity index (χ1v) is 9.59. The van der Waals surface area contributed by atoms with Crippen LogP contribution in [0.3, 0.4) is 0 Å². The van der Waals surface area contributed by atoms with Crippen molar-refractivity contribution >= 4 is 29.3 Å². The lowest BCUT2D eigenvalue weighted by Crippen LogP contribution is -2.31. The number of hydrogen-bond donors (Lipinski definition) is 2. The highest BCUT2D eigenvalue weighted by molar-refractivity contribution is 8.03. The third-order valence-electron chi connectivity index (χ3n) is 4.26. The number of para-hydroxylation sites is 1. The van der Waals surface area contributed by atoms with E-state index in [1.54, 1.807) is 12.1 Å². The van der Waals surface area contributed by atoms with Gasteiger partial charge >= 0.3 is 0 Å². The van der Waals surface area contributed by atoms with Crippen LogP contribution in [0.2, 0.25) is 0 Å². The molecule has 2 N–H and O–H groups in total. The van der Waals surface area contributed by atoms with Crippen LogP contribution >= 0.6 is 11.8 Å². The van der Waals surface area contributed by atoms with Crippen molar-refractivity contribution < 1.29 is 14.0 Å². The van der Waals surface area contributed by atoms with E-state index in [1.165, 1.54) is 6.26 Å². The highest BCUT2D eigenvalue weighted by atomic mass is 32.2. The third kappa shape index (κ3) is 4.41. The minimum atomic E-state index is -0.426. The topological polar surface area (TPSA) is 95.1 Å². The molecule has 3 rings (SSSR count). The first-order valence-electron chi connectivity index (χ1n) is 8.60. The summed E-state index contributed by atoms with van der Waals surface area (Å²) in [6.45, 7) is 2.02. The van der Waals surface area contributed by atoms with E-state index in [-0.39, 0.29) is 24.0 Å². The summed E-state index contributed by atoms with van der Waals surface area (Å²) in [5.74, 6) is -0.162. The van der Waals surface area contributed by atoms with Gasteiger partial charge in [-0.05, 0) is 30.2 Å². The summed E-state index contributed by atoms with van der Waals surface area (Å²) >= 11 is 1.15. The zero-order valence-electron chi connectivity index (χ0n) is 14.8. The fourth-order valence-electron chi connectivity index (χ4n) is 2.94. The molecule has 1 aliphatic rings. The van der Waals surface area contributed by atoms with Crippen molar-refractivity contribution in [3.8, 4) is 6.07 Å². The normalized spacial score (nSPS) is 16.6. The molecule has 1 aliphatic heterocycles. The minimum Gasteiger partial charge on any atom is -0.469 e. The number of hydrogen-bond acceptors (Lipinski definition) is 5. The number of allylic oxidation sites excluding steroid dienone is 1. The summed E-state index contributed by atoms with van der Waals surface area (Å²) in [5.41, 5.74) is 2.24. The van der Waals surface area contributed by atoms with Gasteiger partial charge in [0.1, 0.15) is 5.76 Å². The van der Waals surface area contributed by atoms with E-state index in [9.17, 15) is 14.9 Å². The number of nitrogens with one attached hydrogen (secondary N) is 2. The highest BCUT2D eigenvalue weighted by Crippen LogP contribution is 2.36.